The van der Waals surface area contributed by atoms with E-state index in [-0.39, 0.29) is 23.8 Å². The lowest BCUT2D eigenvalue weighted by atomic mass is 10.1. The van der Waals surface area contributed by atoms with Crippen molar-refractivity contribution >= 4 is 11.8 Å². The van der Waals surface area contributed by atoms with Crippen LogP contribution in [0.4, 0.5) is 0 Å². The number of benzene rings is 1. The fourth-order valence-electron chi connectivity index (χ4n) is 3.47. The summed E-state index contributed by atoms with van der Waals surface area (Å²) < 4.78 is 7.04. The molecule has 1 saturated heterocycles. The first-order valence-corrected chi connectivity index (χ1v) is 8.90. The lowest BCUT2D eigenvalue weighted by molar-refractivity contribution is -0.112. The van der Waals surface area contributed by atoms with E-state index in [0.717, 1.165) is 0 Å². The molecule has 2 N–H and O–H groups in total. The summed E-state index contributed by atoms with van der Waals surface area (Å²) in [6, 6.07) is 8.43. The Labute approximate surface area is 160 Å². The van der Waals surface area contributed by atoms with Gasteiger partial charge in [-0.1, -0.05) is 18.2 Å². The molecule has 3 heterocycles. The Kier molecular flexibility index (Phi) is 4.52. The lowest BCUT2D eigenvalue weighted by Gasteiger charge is -2.44. The minimum absolute atomic E-state index is 0.0725. The molecule has 0 unspecified atom stereocenters. The van der Waals surface area contributed by atoms with Gasteiger partial charge in [0.15, 0.2) is 23.4 Å². The third-order valence-electron chi connectivity index (χ3n) is 4.93. The molecule has 4 rings (SSSR count). The van der Waals surface area contributed by atoms with Crippen molar-refractivity contribution in [1.29, 1.82) is 0 Å². The van der Waals surface area contributed by atoms with Crippen molar-refractivity contribution in [2.45, 2.75) is 32.2 Å². The Balaban J connectivity index is 1.65. The van der Waals surface area contributed by atoms with Gasteiger partial charge in [-0.25, -0.2) is 0 Å². The van der Waals surface area contributed by atoms with Gasteiger partial charge in [-0.3, -0.25) is 14.4 Å². The van der Waals surface area contributed by atoms with E-state index >= 15 is 0 Å². The van der Waals surface area contributed by atoms with Gasteiger partial charge < -0.3 is 24.1 Å². The molecule has 0 bridgehead atoms. The zero-order chi connectivity index (χ0) is 19.8. The Hall–Kier alpha value is -3.33. The van der Waals surface area contributed by atoms with Crippen molar-refractivity contribution in [3.63, 3.8) is 0 Å². The molecule has 2 atom stereocenters. The number of pyridine rings is 1. The van der Waals surface area contributed by atoms with Crippen LogP contribution in [0, 0.1) is 0 Å². The summed E-state index contributed by atoms with van der Waals surface area (Å²) >= 11 is 0. The third-order valence-corrected chi connectivity index (χ3v) is 4.93. The third kappa shape index (κ3) is 2.99. The zero-order valence-corrected chi connectivity index (χ0v) is 15.1. The van der Waals surface area contributed by atoms with Crippen LogP contribution in [0.1, 0.15) is 34.2 Å². The number of hydrogen-bond acceptors (Lipinski definition) is 6. The minimum atomic E-state index is -0.933. The van der Waals surface area contributed by atoms with Crippen LogP contribution in [0.2, 0.25) is 0 Å². The van der Waals surface area contributed by atoms with Gasteiger partial charge in [-0.2, -0.15) is 5.48 Å². The molecule has 9 nitrogen and oxygen atoms in total. The molecule has 2 aromatic rings. The van der Waals surface area contributed by atoms with Crippen LogP contribution in [0.3, 0.4) is 0 Å². The summed E-state index contributed by atoms with van der Waals surface area (Å²) in [6.45, 7) is 2.61. The number of para-hydroxylation sites is 1. The fraction of sp³-hybridized carbons (Fsp3) is 0.316. The van der Waals surface area contributed by atoms with Gasteiger partial charge in [-0.15, -0.1) is 0 Å². The van der Waals surface area contributed by atoms with E-state index in [1.807, 2.05) is 6.92 Å². The molecule has 9 heteroatoms. The number of carbonyl (C=O) groups excluding carboxylic acids is 2. The highest BCUT2D eigenvalue weighted by atomic mass is 16.7. The number of aromatic hydroxyl groups is 1. The Morgan fingerprint density at radius 1 is 1.29 bits per heavy atom. The average Bonchev–Trinajstić information content (AvgIpc) is 2.69. The van der Waals surface area contributed by atoms with Gasteiger partial charge in [-0.05, 0) is 25.5 Å². The second-order valence-electron chi connectivity index (χ2n) is 6.74. The summed E-state index contributed by atoms with van der Waals surface area (Å²) in [6.07, 6.45) is 1.41. The highest BCUT2D eigenvalue weighted by Crippen LogP contribution is 2.29. The van der Waals surface area contributed by atoms with Crippen molar-refractivity contribution in [2.75, 3.05) is 6.61 Å². The molecular weight excluding hydrogens is 366 g/mol. The normalized spacial score (nSPS) is 20.9. The predicted octanol–water partition coefficient (Wildman–Crippen LogP) is 0.868. The monoisotopic (exact) mass is 385 g/mol. The van der Waals surface area contributed by atoms with Crippen LogP contribution in [-0.4, -0.2) is 45.3 Å². The molecule has 146 valence electrons. The van der Waals surface area contributed by atoms with Crippen LogP contribution >= 0.6 is 0 Å². The molecule has 1 aromatic heterocycles. The number of nitrogens with zero attached hydrogens (tertiary/aromatic N) is 2. The van der Waals surface area contributed by atoms with Crippen LogP contribution in [-0.2, 0) is 11.3 Å². The SMILES string of the molecule is C[C@@H]1CCO[C@H]2Cn3cc(C(=O)NOc4ccccc4)c(=O)c(O)c3C(=O)N12. The lowest BCUT2D eigenvalue weighted by Crippen LogP contribution is -2.57. The highest BCUT2D eigenvalue weighted by molar-refractivity contribution is 5.99. The molecule has 2 amide bonds. The number of carbonyl (C=O) groups is 2. The number of hydrogen-bond donors (Lipinski definition) is 2. The van der Waals surface area contributed by atoms with E-state index < -0.39 is 29.2 Å². The maximum Gasteiger partial charge on any atom is 0.289 e. The van der Waals surface area contributed by atoms with Gasteiger partial charge in [0.25, 0.3) is 11.8 Å². The molecule has 0 aliphatic carbocycles. The van der Waals surface area contributed by atoms with Gasteiger partial charge in [0.2, 0.25) is 5.43 Å². The first-order chi connectivity index (χ1) is 13.5. The molecule has 1 aromatic carbocycles. The van der Waals surface area contributed by atoms with Crippen LogP contribution < -0.4 is 15.7 Å². The van der Waals surface area contributed by atoms with Crippen molar-refractivity contribution in [1.82, 2.24) is 14.9 Å². The number of rotatable bonds is 3. The largest absolute Gasteiger partial charge is 0.503 e. The number of fused-ring (bicyclic) bond motifs is 2. The van der Waals surface area contributed by atoms with Gasteiger partial charge in [0, 0.05) is 12.2 Å². The van der Waals surface area contributed by atoms with E-state index in [1.165, 1.54) is 15.7 Å². The van der Waals surface area contributed by atoms with E-state index in [0.29, 0.717) is 18.8 Å². The molecule has 2 aliphatic rings. The van der Waals surface area contributed by atoms with Crippen molar-refractivity contribution in [2.24, 2.45) is 0 Å². The molecule has 0 radical (unpaired) electrons. The minimum Gasteiger partial charge on any atom is -0.503 e. The van der Waals surface area contributed by atoms with E-state index in [2.05, 4.69) is 5.48 Å². The number of ether oxygens (including phenoxy) is 1. The quantitative estimate of drug-likeness (QED) is 0.759. The molecule has 28 heavy (non-hydrogen) atoms. The standard InChI is InChI=1S/C19H19N3O6/c1-11-7-8-27-14-10-21-9-13(16(23)17(24)15(21)19(26)22(11)14)18(25)20-28-12-5-3-2-4-6-12/h2-6,9,11,14,24H,7-8,10H2,1H3,(H,20,25)/t11-,14+/m1/s1. The van der Waals surface area contributed by atoms with E-state index in [4.69, 9.17) is 9.57 Å². The molecule has 1 fully saturated rings. The number of aromatic nitrogens is 1. The zero-order valence-electron chi connectivity index (χ0n) is 15.1. The summed E-state index contributed by atoms with van der Waals surface area (Å²) in [5.41, 5.74) is 0.771. The summed E-state index contributed by atoms with van der Waals surface area (Å²) in [7, 11) is 0. The van der Waals surface area contributed by atoms with Crippen molar-refractivity contribution < 1.29 is 24.3 Å². The Morgan fingerprint density at radius 2 is 2.04 bits per heavy atom. The topological polar surface area (TPSA) is 110 Å². The maximum absolute atomic E-state index is 12.8. The molecular formula is C19H19N3O6. The van der Waals surface area contributed by atoms with Crippen LogP contribution in [0.25, 0.3) is 0 Å². The van der Waals surface area contributed by atoms with Crippen LogP contribution in [0.15, 0.2) is 41.3 Å². The molecule has 2 aliphatic heterocycles. The van der Waals surface area contributed by atoms with Gasteiger partial charge >= 0.3 is 0 Å². The summed E-state index contributed by atoms with van der Waals surface area (Å²) in [5.74, 6) is -1.69. The molecule has 0 spiro atoms. The second-order valence-corrected chi connectivity index (χ2v) is 6.74. The number of amides is 2. The van der Waals surface area contributed by atoms with Crippen molar-refractivity contribution in [3.8, 4) is 11.5 Å². The van der Waals surface area contributed by atoms with E-state index in [1.54, 1.807) is 30.3 Å². The molecule has 0 saturated carbocycles. The van der Waals surface area contributed by atoms with Crippen LogP contribution in [0.5, 0.6) is 11.5 Å². The first kappa shape index (κ1) is 18.1. The first-order valence-electron chi connectivity index (χ1n) is 8.90. The Bertz CT molecular complexity index is 987. The fourth-order valence-corrected chi connectivity index (χ4v) is 3.47. The van der Waals surface area contributed by atoms with Gasteiger partial charge in [0.1, 0.15) is 5.56 Å². The van der Waals surface area contributed by atoms with Crippen molar-refractivity contribution in [3.05, 3.63) is 58.0 Å². The number of nitrogens with one attached hydrogen (secondary N) is 1. The second kappa shape index (κ2) is 7.01. The highest BCUT2D eigenvalue weighted by Gasteiger charge is 2.41. The number of hydroxylamine groups is 1. The Morgan fingerprint density at radius 3 is 2.79 bits per heavy atom. The summed E-state index contributed by atoms with van der Waals surface area (Å²) in [5, 5.41) is 10.4. The summed E-state index contributed by atoms with van der Waals surface area (Å²) in [4.78, 5) is 44.4. The maximum atomic E-state index is 12.8. The predicted molar refractivity (Wildman–Crippen MR) is 96.9 cm³/mol. The average molecular weight is 385 g/mol. The van der Waals surface area contributed by atoms with E-state index in [9.17, 15) is 19.5 Å². The van der Waals surface area contributed by atoms with Gasteiger partial charge in [0.05, 0.1) is 13.2 Å². The smallest absolute Gasteiger partial charge is 0.289 e.